The van der Waals surface area contributed by atoms with Crippen molar-refractivity contribution in [1.82, 2.24) is 10.3 Å². The number of carbonyl (C=O) groups is 1. The number of hydrogen-bond acceptors (Lipinski definition) is 5. The first-order valence-corrected chi connectivity index (χ1v) is 10.2. The van der Waals surface area contributed by atoms with Crippen LogP contribution in [0.1, 0.15) is 38.5 Å². The molecule has 2 amide bonds. The molecule has 0 spiro atoms. The van der Waals surface area contributed by atoms with Crippen LogP contribution in [0.25, 0.3) is 0 Å². The first-order chi connectivity index (χ1) is 11.5. The Hall–Kier alpha value is -1.83. The fraction of sp³-hybridized carbons (Fsp3) is 0.625. The van der Waals surface area contributed by atoms with Crippen LogP contribution in [0, 0.1) is 0 Å². The number of nitrogens with one attached hydrogen (secondary N) is 2. The summed E-state index contributed by atoms with van der Waals surface area (Å²) in [6, 6.07) is 3.06. The quantitative estimate of drug-likeness (QED) is 0.864. The SMILES string of the molecule is O=C(Nc1ccc(OC2CCCC2)nc1)NC1CCS(=O)(=O)CC1. The maximum absolute atomic E-state index is 12.0. The highest BCUT2D eigenvalue weighted by molar-refractivity contribution is 7.91. The van der Waals surface area contributed by atoms with Crippen LogP contribution < -0.4 is 15.4 Å². The number of ether oxygens (including phenoxy) is 1. The van der Waals surface area contributed by atoms with Crippen LogP contribution in [0.2, 0.25) is 0 Å². The fourth-order valence-corrected chi connectivity index (χ4v) is 4.58. The number of sulfone groups is 1. The summed E-state index contributed by atoms with van der Waals surface area (Å²) in [7, 11) is -2.92. The molecule has 0 radical (unpaired) electrons. The molecule has 132 valence electrons. The first-order valence-electron chi connectivity index (χ1n) is 8.41. The van der Waals surface area contributed by atoms with Gasteiger partial charge in [-0.2, -0.15) is 0 Å². The molecule has 0 unspecified atom stereocenters. The maximum Gasteiger partial charge on any atom is 0.319 e. The fourth-order valence-electron chi connectivity index (χ4n) is 3.09. The van der Waals surface area contributed by atoms with Crippen molar-refractivity contribution in [1.29, 1.82) is 0 Å². The minimum atomic E-state index is -2.92. The maximum atomic E-state index is 12.0. The summed E-state index contributed by atoms with van der Waals surface area (Å²) < 4.78 is 28.5. The standard InChI is InChI=1S/C16H23N3O4S/c20-16(18-12-7-9-24(21,22)10-8-12)19-13-5-6-15(17-11-13)23-14-3-1-2-4-14/h5-6,11-12,14H,1-4,7-10H2,(H2,18,19,20). The van der Waals surface area contributed by atoms with Crippen molar-refractivity contribution in [2.75, 3.05) is 16.8 Å². The Morgan fingerprint density at radius 1 is 1.12 bits per heavy atom. The Kier molecular flexibility index (Phi) is 5.23. The highest BCUT2D eigenvalue weighted by Gasteiger charge is 2.24. The number of carbonyl (C=O) groups excluding carboxylic acids is 1. The van der Waals surface area contributed by atoms with Crippen LogP contribution in [0.4, 0.5) is 10.5 Å². The molecule has 7 nitrogen and oxygen atoms in total. The van der Waals surface area contributed by atoms with Gasteiger partial charge >= 0.3 is 6.03 Å². The van der Waals surface area contributed by atoms with Crippen LogP contribution in [0.3, 0.4) is 0 Å². The molecular weight excluding hydrogens is 330 g/mol. The predicted molar refractivity (Wildman–Crippen MR) is 91.0 cm³/mol. The van der Waals surface area contributed by atoms with Gasteiger partial charge in [0.15, 0.2) is 0 Å². The summed E-state index contributed by atoms with van der Waals surface area (Å²) >= 11 is 0. The molecule has 0 atom stereocenters. The van der Waals surface area contributed by atoms with Gasteiger partial charge in [0.2, 0.25) is 5.88 Å². The number of pyridine rings is 1. The summed E-state index contributed by atoms with van der Waals surface area (Å²) in [5.74, 6) is 0.838. The van der Waals surface area contributed by atoms with E-state index in [1.54, 1.807) is 18.3 Å². The smallest absolute Gasteiger partial charge is 0.319 e. The molecule has 1 aromatic rings. The number of hydrogen-bond donors (Lipinski definition) is 2. The zero-order valence-corrected chi connectivity index (χ0v) is 14.3. The molecule has 2 N–H and O–H groups in total. The lowest BCUT2D eigenvalue weighted by Gasteiger charge is -2.23. The number of urea groups is 1. The molecule has 0 bridgehead atoms. The zero-order chi connectivity index (χ0) is 17.0. The second-order valence-electron chi connectivity index (χ2n) is 6.43. The lowest BCUT2D eigenvalue weighted by molar-refractivity contribution is 0.201. The van der Waals surface area contributed by atoms with Gasteiger partial charge in [0.25, 0.3) is 0 Å². The van der Waals surface area contributed by atoms with E-state index in [4.69, 9.17) is 4.74 Å². The Morgan fingerprint density at radius 2 is 1.83 bits per heavy atom. The third-order valence-electron chi connectivity index (χ3n) is 4.47. The van der Waals surface area contributed by atoms with E-state index in [2.05, 4.69) is 15.6 Å². The van der Waals surface area contributed by atoms with E-state index >= 15 is 0 Å². The van der Waals surface area contributed by atoms with Gasteiger partial charge in [-0.3, -0.25) is 0 Å². The van der Waals surface area contributed by atoms with Gasteiger partial charge in [0.1, 0.15) is 15.9 Å². The molecule has 2 heterocycles. The van der Waals surface area contributed by atoms with Crippen LogP contribution in [0.15, 0.2) is 18.3 Å². The topological polar surface area (TPSA) is 97.4 Å². The Bertz CT molecular complexity index is 655. The molecule has 2 aliphatic rings. The molecule has 8 heteroatoms. The molecule has 1 aliphatic heterocycles. The Labute approximate surface area is 142 Å². The summed E-state index contributed by atoms with van der Waals surface area (Å²) in [4.78, 5) is 16.2. The van der Waals surface area contributed by atoms with Crippen molar-refractivity contribution in [3.8, 4) is 5.88 Å². The van der Waals surface area contributed by atoms with Gasteiger partial charge in [0, 0.05) is 12.1 Å². The Balaban J connectivity index is 1.46. The molecule has 3 rings (SSSR count). The van der Waals surface area contributed by atoms with Crippen molar-refractivity contribution in [2.24, 2.45) is 0 Å². The van der Waals surface area contributed by atoms with Crippen LogP contribution >= 0.6 is 0 Å². The van der Waals surface area contributed by atoms with Crippen molar-refractivity contribution in [2.45, 2.75) is 50.7 Å². The monoisotopic (exact) mass is 353 g/mol. The van der Waals surface area contributed by atoms with Crippen molar-refractivity contribution >= 4 is 21.6 Å². The largest absolute Gasteiger partial charge is 0.474 e. The summed E-state index contributed by atoms with van der Waals surface area (Å²) in [6.07, 6.45) is 7.28. The average molecular weight is 353 g/mol. The molecule has 24 heavy (non-hydrogen) atoms. The van der Waals surface area contributed by atoms with Gasteiger partial charge in [-0.05, 0) is 44.6 Å². The van der Waals surface area contributed by atoms with Crippen molar-refractivity contribution in [3.63, 3.8) is 0 Å². The molecule has 0 aromatic carbocycles. The lowest BCUT2D eigenvalue weighted by Crippen LogP contribution is -2.42. The molecule has 1 aliphatic carbocycles. The molecule has 2 fully saturated rings. The minimum absolute atomic E-state index is 0.105. The second kappa shape index (κ2) is 7.38. The van der Waals surface area contributed by atoms with Gasteiger partial charge in [-0.15, -0.1) is 0 Å². The molecule has 1 saturated heterocycles. The molecule has 1 saturated carbocycles. The summed E-state index contributed by atoms with van der Waals surface area (Å²) in [6.45, 7) is 0. The normalized spacial score (nSPS) is 21.3. The van der Waals surface area contributed by atoms with Gasteiger partial charge in [0.05, 0.1) is 23.4 Å². The predicted octanol–water partition coefficient (Wildman–Crippen LogP) is 2.10. The van der Waals surface area contributed by atoms with Crippen LogP contribution in [-0.2, 0) is 9.84 Å². The first kappa shape index (κ1) is 17.0. The second-order valence-corrected chi connectivity index (χ2v) is 8.74. The zero-order valence-electron chi connectivity index (χ0n) is 13.5. The highest BCUT2D eigenvalue weighted by Crippen LogP contribution is 2.23. The third-order valence-corrected chi connectivity index (χ3v) is 6.19. The number of rotatable bonds is 4. The van der Waals surface area contributed by atoms with Crippen LogP contribution in [-0.4, -0.2) is 43.1 Å². The molecule has 1 aromatic heterocycles. The third kappa shape index (κ3) is 4.83. The van der Waals surface area contributed by atoms with E-state index in [0.29, 0.717) is 24.4 Å². The van der Waals surface area contributed by atoms with Crippen molar-refractivity contribution in [3.05, 3.63) is 18.3 Å². The van der Waals surface area contributed by atoms with Crippen molar-refractivity contribution < 1.29 is 17.9 Å². The highest BCUT2D eigenvalue weighted by atomic mass is 32.2. The number of aromatic nitrogens is 1. The average Bonchev–Trinajstić information content (AvgIpc) is 3.04. The van der Waals surface area contributed by atoms with E-state index in [1.807, 2.05) is 0 Å². The lowest BCUT2D eigenvalue weighted by atomic mass is 10.2. The van der Waals surface area contributed by atoms with Gasteiger partial charge in [-0.25, -0.2) is 18.2 Å². The van der Waals surface area contributed by atoms with E-state index in [-0.39, 0.29) is 29.7 Å². The van der Waals surface area contributed by atoms with E-state index in [9.17, 15) is 13.2 Å². The summed E-state index contributed by atoms with van der Waals surface area (Å²) in [5.41, 5.74) is 0.578. The number of amides is 2. The number of nitrogens with zero attached hydrogens (tertiary/aromatic N) is 1. The minimum Gasteiger partial charge on any atom is -0.474 e. The van der Waals surface area contributed by atoms with E-state index < -0.39 is 9.84 Å². The van der Waals surface area contributed by atoms with Gasteiger partial charge < -0.3 is 15.4 Å². The van der Waals surface area contributed by atoms with E-state index in [0.717, 1.165) is 12.8 Å². The Morgan fingerprint density at radius 3 is 2.46 bits per heavy atom. The van der Waals surface area contributed by atoms with Gasteiger partial charge in [-0.1, -0.05) is 0 Å². The summed E-state index contributed by atoms with van der Waals surface area (Å²) in [5, 5.41) is 5.52. The number of anilines is 1. The molecular formula is C16H23N3O4S. The van der Waals surface area contributed by atoms with Crippen LogP contribution in [0.5, 0.6) is 5.88 Å². The van der Waals surface area contributed by atoms with E-state index in [1.165, 1.54) is 12.8 Å².